The van der Waals surface area contributed by atoms with Crippen LogP contribution >= 0.6 is 0 Å². The molecule has 0 aliphatic rings. The molecule has 3 N–H and O–H groups in total. The zero-order valence-electron chi connectivity index (χ0n) is 14.7. The van der Waals surface area contributed by atoms with Gasteiger partial charge in [-0.15, -0.1) is 0 Å². The van der Waals surface area contributed by atoms with E-state index in [9.17, 15) is 22.8 Å². The monoisotopic (exact) mass is 396 g/mol. The Morgan fingerprint density at radius 2 is 1.82 bits per heavy atom. The van der Waals surface area contributed by atoms with E-state index in [-0.39, 0.29) is 24.3 Å². The molecule has 0 bridgehead atoms. The molecule has 0 radical (unpaired) electrons. The second-order valence-electron chi connectivity index (χ2n) is 5.94. The third kappa shape index (κ3) is 7.18. The van der Waals surface area contributed by atoms with Gasteiger partial charge in [0.25, 0.3) is 0 Å². The van der Waals surface area contributed by atoms with Crippen LogP contribution in [0.5, 0.6) is 5.75 Å². The smallest absolute Gasteiger partial charge is 0.387 e. The van der Waals surface area contributed by atoms with E-state index in [0.717, 1.165) is 23.8 Å². The first-order chi connectivity index (χ1) is 13.3. The number of anilines is 1. The van der Waals surface area contributed by atoms with Gasteiger partial charge in [-0.25, -0.2) is 9.18 Å². The Balaban J connectivity index is 2.00. The van der Waals surface area contributed by atoms with Gasteiger partial charge in [0.15, 0.2) is 0 Å². The second-order valence-corrected chi connectivity index (χ2v) is 5.94. The fraction of sp³-hybridized carbons (Fsp3) is 0.263. The molecule has 0 aromatic heterocycles. The summed E-state index contributed by atoms with van der Waals surface area (Å²) in [4.78, 5) is 23.0. The number of halogens is 3. The van der Waals surface area contributed by atoms with Gasteiger partial charge in [-0.05, 0) is 30.5 Å². The number of carboxylic acids is 1. The minimum Gasteiger partial charge on any atom is -0.481 e. The quantitative estimate of drug-likeness (QED) is 0.597. The Kier molecular flexibility index (Phi) is 7.67. The van der Waals surface area contributed by atoms with Crippen LogP contribution in [0.1, 0.15) is 18.4 Å². The van der Waals surface area contributed by atoms with Crippen LogP contribution in [0.3, 0.4) is 0 Å². The lowest BCUT2D eigenvalue weighted by atomic mass is 10.0. The number of carbonyl (C=O) groups is 2. The summed E-state index contributed by atoms with van der Waals surface area (Å²) in [7, 11) is 0. The number of alkyl halides is 2. The predicted octanol–water partition coefficient (Wildman–Crippen LogP) is 4.02. The highest BCUT2D eigenvalue weighted by Crippen LogP contribution is 2.22. The number of ether oxygens (including phenoxy) is 1. The molecule has 0 aliphatic carbocycles. The Bertz CT molecular complexity index is 803. The number of hydrogen-bond donors (Lipinski definition) is 3. The van der Waals surface area contributed by atoms with E-state index >= 15 is 0 Å². The maximum absolute atomic E-state index is 14.0. The molecule has 2 aromatic rings. The molecule has 2 aromatic carbocycles. The molecule has 1 unspecified atom stereocenters. The van der Waals surface area contributed by atoms with Crippen molar-refractivity contribution in [3.05, 3.63) is 59.9 Å². The van der Waals surface area contributed by atoms with Crippen molar-refractivity contribution in [2.45, 2.75) is 31.9 Å². The van der Waals surface area contributed by atoms with Gasteiger partial charge < -0.3 is 20.5 Å². The van der Waals surface area contributed by atoms with Gasteiger partial charge in [-0.3, -0.25) is 4.79 Å². The summed E-state index contributed by atoms with van der Waals surface area (Å²) in [6.45, 7) is -3.09. The number of carboxylic acid groups (broad SMARTS) is 1. The highest BCUT2D eigenvalue weighted by atomic mass is 19.3. The first-order valence-corrected chi connectivity index (χ1v) is 8.41. The second kappa shape index (κ2) is 10.2. The lowest BCUT2D eigenvalue weighted by Crippen LogP contribution is -2.39. The van der Waals surface area contributed by atoms with Gasteiger partial charge >= 0.3 is 18.6 Å². The van der Waals surface area contributed by atoms with Crippen molar-refractivity contribution < 1.29 is 32.6 Å². The van der Waals surface area contributed by atoms with Gasteiger partial charge in [-0.2, -0.15) is 8.78 Å². The van der Waals surface area contributed by atoms with Gasteiger partial charge in [0.1, 0.15) is 11.6 Å². The van der Waals surface area contributed by atoms with Crippen molar-refractivity contribution in [1.82, 2.24) is 5.32 Å². The van der Waals surface area contributed by atoms with Crippen molar-refractivity contribution in [1.29, 1.82) is 0 Å². The minimum atomic E-state index is -3.09. The molecule has 9 heteroatoms. The molecule has 28 heavy (non-hydrogen) atoms. The van der Waals surface area contributed by atoms with E-state index in [4.69, 9.17) is 5.11 Å². The number of hydrogen-bond acceptors (Lipinski definition) is 3. The highest BCUT2D eigenvalue weighted by Gasteiger charge is 2.16. The van der Waals surface area contributed by atoms with Crippen LogP contribution in [0, 0.1) is 5.82 Å². The minimum absolute atomic E-state index is 0.147. The molecule has 1 atom stereocenters. The van der Waals surface area contributed by atoms with Crippen molar-refractivity contribution in [3.8, 4) is 5.75 Å². The average molecular weight is 396 g/mol. The molecule has 0 heterocycles. The molecular formula is C19H19F3N2O4. The molecule has 6 nitrogen and oxygen atoms in total. The summed E-state index contributed by atoms with van der Waals surface area (Å²) in [5.41, 5.74) is 0.675. The molecule has 0 spiro atoms. The summed E-state index contributed by atoms with van der Waals surface area (Å²) in [6, 6.07) is 10.8. The zero-order valence-corrected chi connectivity index (χ0v) is 14.7. The molecule has 0 fully saturated rings. The maximum atomic E-state index is 14.0. The summed E-state index contributed by atoms with van der Waals surface area (Å²) < 4.78 is 42.3. The summed E-state index contributed by atoms with van der Waals surface area (Å²) in [5, 5.41) is 13.8. The molecular weight excluding hydrogens is 377 g/mol. The summed E-state index contributed by atoms with van der Waals surface area (Å²) in [5.74, 6) is -2.32. The first kappa shape index (κ1) is 21.1. The lowest BCUT2D eigenvalue weighted by molar-refractivity contribution is -0.137. The fourth-order valence-corrected chi connectivity index (χ4v) is 2.54. The summed E-state index contributed by atoms with van der Waals surface area (Å²) in [6.07, 6.45) is 0.429. The SMILES string of the molecule is O=C(O)CCC(Cc1ccccc1)NC(=O)Nc1ccc(OC(F)F)cc1F. The lowest BCUT2D eigenvalue weighted by Gasteiger charge is -2.19. The standard InChI is InChI=1S/C19H19F3N2O4/c20-15-11-14(28-18(21)22)7-8-16(15)24-19(27)23-13(6-9-17(25)26)10-12-4-2-1-3-5-12/h1-5,7-8,11,13,18H,6,9-10H2,(H,25,26)(H2,23,24,27). The predicted molar refractivity (Wildman–Crippen MR) is 96.0 cm³/mol. The normalized spacial score (nSPS) is 11.7. The Hall–Kier alpha value is -3.23. The van der Waals surface area contributed by atoms with Crippen molar-refractivity contribution in [2.75, 3.05) is 5.32 Å². The van der Waals surface area contributed by atoms with Crippen molar-refractivity contribution >= 4 is 17.7 Å². The molecule has 150 valence electrons. The van der Waals surface area contributed by atoms with Crippen LogP contribution in [0.25, 0.3) is 0 Å². The van der Waals surface area contributed by atoms with E-state index in [0.29, 0.717) is 6.42 Å². The third-order valence-electron chi connectivity index (χ3n) is 3.78. The number of amides is 2. The fourth-order valence-electron chi connectivity index (χ4n) is 2.54. The van der Waals surface area contributed by atoms with E-state index in [1.54, 1.807) is 0 Å². The van der Waals surface area contributed by atoms with Crippen LogP contribution in [-0.4, -0.2) is 29.8 Å². The Morgan fingerprint density at radius 1 is 1.11 bits per heavy atom. The van der Waals surface area contributed by atoms with E-state index < -0.39 is 30.5 Å². The number of urea groups is 1. The highest BCUT2D eigenvalue weighted by molar-refractivity contribution is 5.89. The summed E-state index contributed by atoms with van der Waals surface area (Å²) >= 11 is 0. The topological polar surface area (TPSA) is 87.7 Å². The molecule has 0 saturated heterocycles. The van der Waals surface area contributed by atoms with Gasteiger partial charge in [0, 0.05) is 18.5 Å². The molecule has 2 amide bonds. The van der Waals surface area contributed by atoms with E-state index in [1.165, 1.54) is 0 Å². The van der Waals surface area contributed by atoms with Crippen LogP contribution < -0.4 is 15.4 Å². The van der Waals surface area contributed by atoms with Crippen LogP contribution in [0.15, 0.2) is 48.5 Å². The van der Waals surface area contributed by atoms with Crippen molar-refractivity contribution in [3.63, 3.8) is 0 Å². The third-order valence-corrected chi connectivity index (χ3v) is 3.78. The average Bonchev–Trinajstić information content (AvgIpc) is 2.62. The Labute approximate surface area is 159 Å². The van der Waals surface area contributed by atoms with E-state index in [1.807, 2.05) is 30.3 Å². The van der Waals surface area contributed by atoms with Crippen LogP contribution in [-0.2, 0) is 11.2 Å². The first-order valence-electron chi connectivity index (χ1n) is 8.41. The number of rotatable bonds is 9. The van der Waals surface area contributed by atoms with Crippen molar-refractivity contribution in [2.24, 2.45) is 0 Å². The number of carbonyl (C=O) groups excluding carboxylic acids is 1. The van der Waals surface area contributed by atoms with Gasteiger partial charge in [0.2, 0.25) is 0 Å². The number of nitrogens with one attached hydrogen (secondary N) is 2. The zero-order chi connectivity index (χ0) is 20.5. The number of benzene rings is 2. The molecule has 0 aliphatic heterocycles. The van der Waals surface area contributed by atoms with Crippen LogP contribution in [0.4, 0.5) is 23.7 Å². The molecule has 0 saturated carbocycles. The largest absolute Gasteiger partial charge is 0.481 e. The maximum Gasteiger partial charge on any atom is 0.387 e. The Morgan fingerprint density at radius 3 is 2.43 bits per heavy atom. The van der Waals surface area contributed by atoms with Gasteiger partial charge in [0.05, 0.1) is 5.69 Å². The van der Waals surface area contributed by atoms with E-state index in [2.05, 4.69) is 15.4 Å². The molecule has 2 rings (SSSR count). The number of aliphatic carboxylic acids is 1. The van der Waals surface area contributed by atoms with Crippen LogP contribution in [0.2, 0.25) is 0 Å². The van der Waals surface area contributed by atoms with Gasteiger partial charge in [-0.1, -0.05) is 30.3 Å².